The zero-order valence-electron chi connectivity index (χ0n) is 14.9. The van der Waals surface area contributed by atoms with E-state index in [-0.39, 0.29) is 17.1 Å². The Morgan fingerprint density at radius 3 is 2.46 bits per heavy atom. The lowest BCUT2D eigenvalue weighted by Gasteiger charge is -2.39. The number of pyridine rings is 1. The number of carbonyl (C=O) groups excluding carboxylic acids is 1. The Hall–Kier alpha value is -2.27. The monoisotopic (exact) mass is 353 g/mol. The van der Waals surface area contributed by atoms with E-state index in [1.165, 1.54) is 12.1 Å². The summed E-state index contributed by atoms with van der Waals surface area (Å²) in [5.74, 6) is 0.0831. The minimum absolute atomic E-state index is 0.207. The molecule has 26 heavy (non-hydrogen) atoms. The topological polar surface area (TPSA) is 36.4 Å². The fraction of sp³-hybridized carbons (Fsp3) is 0.429. The first kappa shape index (κ1) is 17.2. The van der Waals surface area contributed by atoms with Crippen LogP contribution in [0.4, 0.5) is 4.39 Å². The molecule has 4 rings (SSSR count). The highest BCUT2D eigenvalue weighted by atomic mass is 19.1. The van der Waals surface area contributed by atoms with Crippen LogP contribution in [-0.4, -0.2) is 40.3 Å². The van der Waals surface area contributed by atoms with Crippen molar-refractivity contribution in [2.24, 2.45) is 5.41 Å². The third kappa shape index (κ3) is 3.49. The molecular weight excluding hydrogens is 329 g/mol. The van der Waals surface area contributed by atoms with Crippen molar-refractivity contribution in [1.82, 2.24) is 14.8 Å². The Bertz CT molecular complexity index is 765. The molecule has 0 aliphatic carbocycles. The molecule has 1 aromatic heterocycles. The minimum Gasteiger partial charge on any atom is -0.338 e. The molecule has 4 nitrogen and oxygen atoms in total. The molecule has 136 valence electrons. The van der Waals surface area contributed by atoms with Crippen molar-refractivity contribution in [3.8, 4) is 0 Å². The van der Waals surface area contributed by atoms with Crippen molar-refractivity contribution in [2.75, 3.05) is 19.6 Å². The fourth-order valence-corrected chi connectivity index (χ4v) is 4.34. The number of likely N-dealkylation sites (tertiary alicyclic amines) is 2. The van der Waals surface area contributed by atoms with Gasteiger partial charge in [0.05, 0.1) is 5.41 Å². The summed E-state index contributed by atoms with van der Waals surface area (Å²) in [7, 11) is 0. The molecule has 3 heterocycles. The average molecular weight is 353 g/mol. The number of piperidine rings is 1. The van der Waals surface area contributed by atoms with Gasteiger partial charge in [-0.25, -0.2) is 4.39 Å². The third-order valence-electron chi connectivity index (χ3n) is 5.70. The maximum absolute atomic E-state index is 13.2. The Labute approximate surface area is 153 Å². The van der Waals surface area contributed by atoms with Gasteiger partial charge < -0.3 is 4.90 Å². The van der Waals surface area contributed by atoms with Crippen LogP contribution in [0.15, 0.2) is 48.8 Å². The summed E-state index contributed by atoms with van der Waals surface area (Å²) in [6.45, 7) is 4.07. The van der Waals surface area contributed by atoms with Gasteiger partial charge in [-0.05, 0) is 61.2 Å². The summed E-state index contributed by atoms with van der Waals surface area (Å²) in [5.41, 5.74) is 1.98. The molecule has 1 spiro atoms. The number of carbonyl (C=O) groups is 1. The molecule has 2 aliphatic rings. The maximum atomic E-state index is 13.2. The van der Waals surface area contributed by atoms with E-state index < -0.39 is 0 Å². The zero-order valence-corrected chi connectivity index (χ0v) is 14.9. The molecule has 2 saturated heterocycles. The predicted molar refractivity (Wildman–Crippen MR) is 97.6 cm³/mol. The number of aromatic nitrogens is 1. The van der Waals surface area contributed by atoms with Crippen molar-refractivity contribution >= 4 is 5.91 Å². The van der Waals surface area contributed by atoms with Crippen LogP contribution in [0, 0.1) is 11.2 Å². The van der Waals surface area contributed by atoms with Crippen LogP contribution in [0.2, 0.25) is 0 Å². The van der Waals surface area contributed by atoms with Gasteiger partial charge >= 0.3 is 0 Å². The second-order valence-electron chi connectivity index (χ2n) is 7.55. The highest BCUT2D eigenvalue weighted by Gasteiger charge is 2.48. The van der Waals surface area contributed by atoms with Crippen molar-refractivity contribution in [1.29, 1.82) is 0 Å². The van der Waals surface area contributed by atoms with Gasteiger partial charge in [-0.3, -0.25) is 14.7 Å². The summed E-state index contributed by atoms with van der Waals surface area (Å²) in [6.07, 6.45) is 6.48. The molecule has 0 unspecified atom stereocenters. The van der Waals surface area contributed by atoms with Gasteiger partial charge in [-0.15, -0.1) is 0 Å². The Balaban J connectivity index is 1.43. The summed E-state index contributed by atoms with van der Waals surface area (Å²) in [6, 6.07) is 10.6. The van der Waals surface area contributed by atoms with Crippen LogP contribution in [0.25, 0.3) is 0 Å². The summed E-state index contributed by atoms with van der Waals surface area (Å²) < 4.78 is 13.1. The molecule has 0 saturated carbocycles. The maximum Gasteiger partial charge on any atom is 0.230 e. The van der Waals surface area contributed by atoms with E-state index in [9.17, 15) is 9.18 Å². The van der Waals surface area contributed by atoms with Crippen molar-refractivity contribution in [2.45, 2.75) is 32.4 Å². The largest absolute Gasteiger partial charge is 0.338 e. The first-order valence-electron chi connectivity index (χ1n) is 9.30. The molecule has 2 aromatic rings. The van der Waals surface area contributed by atoms with E-state index in [4.69, 9.17) is 0 Å². The van der Waals surface area contributed by atoms with E-state index >= 15 is 0 Å². The molecule has 5 heteroatoms. The Morgan fingerprint density at radius 2 is 1.69 bits per heavy atom. The molecule has 1 amide bonds. The number of amides is 1. The smallest absolute Gasteiger partial charge is 0.230 e. The SMILES string of the molecule is O=C1N(Cc2ccncc2)CC[C@@]12CCCN(Cc1ccc(F)cc1)C2. The molecule has 0 bridgehead atoms. The van der Waals surface area contributed by atoms with Crippen LogP contribution in [-0.2, 0) is 17.9 Å². The number of benzene rings is 1. The normalized spacial score (nSPS) is 23.7. The van der Waals surface area contributed by atoms with Gasteiger partial charge in [0.2, 0.25) is 5.91 Å². The zero-order chi connectivity index (χ0) is 18.0. The highest BCUT2D eigenvalue weighted by Crippen LogP contribution is 2.41. The van der Waals surface area contributed by atoms with Gasteiger partial charge in [0.1, 0.15) is 5.82 Å². The van der Waals surface area contributed by atoms with E-state index in [0.29, 0.717) is 6.54 Å². The van der Waals surface area contributed by atoms with Crippen LogP contribution < -0.4 is 0 Å². The van der Waals surface area contributed by atoms with Crippen molar-refractivity contribution in [3.05, 3.63) is 65.7 Å². The number of halogens is 1. The predicted octanol–water partition coefficient (Wildman–Crippen LogP) is 3.24. The summed E-state index contributed by atoms with van der Waals surface area (Å²) in [5, 5.41) is 0. The van der Waals surface area contributed by atoms with Crippen LogP contribution in [0.1, 0.15) is 30.4 Å². The van der Waals surface area contributed by atoms with Gasteiger partial charge in [-0.1, -0.05) is 12.1 Å². The van der Waals surface area contributed by atoms with Crippen LogP contribution in [0.5, 0.6) is 0 Å². The Morgan fingerprint density at radius 1 is 0.962 bits per heavy atom. The average Bonchev–Trinajstić information content (AvgIpc) is 2.94. The van der Waals surface area contributed by atoms with E-state index in [1.54, 1.807) is 12.4 Å². The number of hydrogen-bond donors (Lipinski definition) is 0. The lowest BCUT2D eigenvalue weighted by molar-refractivity contribution is -0.139. The molecule has 2 aliphatic heterocycles. The fourth-order valence-electron chi connectivity index (χ4n) is 4.34. The number of hydrogen-bond acceptors (Lipinski definition) is 3. The van der Waals surface area contributed by atoms with Gasteiger partial charge in [0.15, 0.2) is 0 Å². The molecular formula is C21H24FN3O. The first-order valence-corrected chi connectivity index (χ1v) is 9.30. The van der Waals surface area contributed by atoms with Crippen LogP contribution >= 0.6 is 0 Å². The summed E-state index contributed by atoms with van der Waals surface area (Å²) >= 11 is 0. The molecule has 2 fully saturated rings. The summed E-state index contributed by atoms with van der Waals surface area (Å²) in [4.78, 5) is 21.6. The number of rotatable bonds is 4. The second kappa shape index (κ2) is 7.16. The lowest BCUT2D eigenvalue weighted by Crippen LogP contribution is -2.47. The minimum atomic E-state index is -0.245. The third-order valence-corrected chi connectivity index (χ3v) is 5.70. The quantitative estimate of drug-likeness (QED) is 0.847. The molecule has 1 atom stereocenters. The van der Waals surface area contributed by atoms with Gasteiger partial charge in [0, 0.05) is 38.6 Å². The van der Waals surface area contributed by atoms with Gasteiger partial charge in [0.25, 0.3) is 0 Å². The molecule has 0 radical (unpaired) electrons. The highest BCUT2D eigenvalue weighted by molar-refractivity contribution is 5.85. The number of nitrogens with zero attached hydrogens (tertiary/aromatic N) is 3. The standard InChI is InChI=1S/C21H24FN3O/c22-19-4-2-17(3-5-19)14-24-12-1-8-21(16-24)9-13-25(20(21)26)15-18-6-10-23-11-7-18/h2-7,10-11H,1,8-9,12-16H2/t21-/m1/s1. The second-order valence-corrected chi connectivity index (χ2v) is 7.55. The Kier molecular flexibility index (Phi) is 4.72. The van der Waals surface area contributed by atoms with Crippen molar-refractivity contribution in [3.63, 3.8) is 0 Å². The van der Waals surface area contributed by atoms with E-state index in [1.807, 2.05) is 29.2 Å². The lowest BCUT2D eigenvalue weighted by atomic mass is 9.78. The van der Waals surface area contributed by atoms with E-state index in [2.05, 4.69) is 9.88 Å². The molecule has 0 N–H and O–H groups in total. The van der Waals surface area contributed by atoms with Gasteiger partial charge in [-0.2, -0.15) is 0 Å². The molecule has 1 aromatic carbocycles. The van der Waals surface area contributed by atoms with Crippen molar-refractivity contribution < 1.29 is 9.18 Å². The first-order chi connectivity index (χ1) is 12.6. The van der Waals surface area contributed by atoms with Crippen LogP contribution in [0.3, 0.4) is 0 Å². The van der Waals surface area contributed by atoms with E-state index in [0.717, 1.165) is 56.6 Å².